The Morgan fingerprint density at radius 2 is 1.87 bits per heavy atom. The number of aromatic amines is 1. The second-order valence-electron chi connectivity index (χ2n) is 13.7. The Bertz CT molecular complexity index is 1880. The number of H-pyrrole nitrogens is 1. The molecule has 1 aliphatic rings. The number of fused-ring (bicyclic) bond motifs is 1. The largest absolute Gasteiger partial charge is 0.416 e. The zero-order chi connectivity index (χ0) is 37.4. The molecule has 0 bridgehead atoms. The maximum Gasteiger partial charge on any atom is 0.416 e. The molecular weight excluding hydrogens is 679 g/mol. The standard InChI is InChI=1S/C38H49F5N8O/c1-2-6-34(50(15-4-13-39)16-5-14-47-35(46)22-44)30-12-11-29(21-31(30)40)51-23-27-20-33(48-36(27)49-37(51)52)26-17-24(18-28(19-26)38(41,42)43)7-3-8-32(45)25-9-10-25/h11-12,17-21,23,25,32,34H,2-10,13-16,22,44-45H2,1H3,(H2,46,47)(H,48,49,52). The Labute approximate surface area is 300 Å². The lowest BCUT2D eigenvalue weighted by Crippen LogP contribution is -2.32. The number of nitrogens with zero attached hydrogens (tertiary/aromatic N) is 4. The van der Waals surface area contributed by atoms with Crippen LogP contribution >= 0.6 is 0 Å². The van der Waals surface area contributed by atoms with Crippen molar-refractivity contribution in [3.05, 3.63) is 81.7 Å². The molecule has 2 atom stereocenters. The van der Waals surface area contributed by atoms with E-state index in [1.165, 1.54) is 22.9 Å². The van der Waals surface area contributed by atoms with Crippen molar-refractivity contribution >= 4 is 16.9 Å². The van der Waals surface area contributed by atoms with Gasteiger partial charge in [0.05, 0.1) is 24.5 Å². The third-order valence-corrected chi connectivity index (χ3v) is 9.70. The van der Waals surface area contributed by atoms with Gasteiger partial charge in [0.1, 0.15) is 17.3 Å². The molecule has 2 aromatic carbocycles. The molecule has 282 valence electrons. The van der Waals surface area contributed by atoms with E-state index in [9.17, 15) is 22.4 Å². The molecule has 0 amide bonds. The van der Waals surface area contributed by atoms with E-state index < -0.39 is 29.9 Å². The summed E-state index contributed by atoms with van der Waals surface area (Å²) in [7, 11) is 0. The van der Waals surface area contributed by atoms with E-state index in [1.807, 2.05) is 6.92 Å². The summed E-state index contributed by atoms with van der Waals surface area (Å²) in [5.41, 5.74) is 18.1. The third kappa shape index (κ3) is 10.0. The number of alkyl halides is 4. The van der Waals surface area contributed by atoms with Gasteiger partial charge in [0.15, 0.2) is 0 Å². The number of benzene rings is 2. The molecule has 1 aliphatic carbocycles. The van der Waals surface area contributed by atoms with Gasteiger partial charge in [-0.05, 0) is 105 Å². The summed E-state index contributed by atoms with van der Waals surface area (Å²) in [4.78, 5) is 26.6. The Balaban J connectivity index is 1.41. The summed E-state index contributed by atoms with van der Waals surface area (Å²) in [6.45, 7) is 3.07. The fourth-order valence-electron chi connectivity index (χ4n) is 6.78. The number of amidine groups is 1. The van der Waals surface area contributed by atoms with Crippen LogP contribution in [0.5, 0.6) is 0 Å². The fourth-order valence-corrected chi connectivity index (χ4v) is 6.78. The average Bonchev–Trinajstić information content (AvgIpc) is 3.89. The first-order valence-corrected chi connectivity index (χ1v) is 18.1. The smallest absolute Gasteiger partial charge is 0.386 e. The molecule has 2 aromatic heterocycles. The number of aryl methyl sites for hydroxylation is 1. The van der Waals surface area contributed by atoms with Crippen LogP contribution in [0.25, 0.3) is 28.0 Å². The highest BCUT2D eigenvalue weighted by atomic mass is 19.4. The van der Waals surface area contributed by atoms with Crippen molar-refractivity contribution in [1.82, 2.24) is 19.4 Å². The summed E-state index contributed by atoms with van der Waals surface area (Å²) < 4.78 is 72.2. The zero-order valence-electron chi connectivity index (χ0n) is 29.6. The summed E-state index contributed by atoms with van der Waals surface area (Å²) in [6, 6.07) is 9.89. The van der Waals surface area contributed by atoms with Gasteiger partial charge >= 0.3 is 11.9 Å². The Hall–Kier alpha value is -4.14. The number of aliphatic imine (C=N–C) groups is 1. The number of rotatable bonds is 19. The molecule has 0 spiro atoms. The van der Waals surface area contributed by atoms with Gasteiger partial charge in [-0.1, -0.05) is 19.4 Å². The zero-order valence-corrected chi connectivity index (χ0v) is 29.6. The average molecular weight is 729 g/mol. The van der Waals surface area contributed by atoms with Gasteiger partial charge in [-0.15, -0.1) is 0 Å². The van der Waals surface area contributed by atoms with Crippen molar-refractivity contribution in [2.24, 2.45) is 28.1 Å². The van der Waals surface area contributed by atoms with E-state index in [1.54, 1.807) is 24.3 Å². The van der Waals surface area contributed by atoms with Crippen LogP contribution in [0, 0.1) is 11.7 Å². The van der Waals surface area contributed by atoms with Crippen molar-refractivity contribution in [2.45, 2.75) is 83.0 Å². The quantitative estimate of drug-likeness (QED) is 0.0362. The van der Waals surface area contributed by atoms with Crippen molar-refractivity contribution < 1.29 is 22.0 Å². The summed E-state index contributed by atoms with van der Waals surface area (Å²) in [6.07, 6.45) is 3.36. The maximum absolute atomic E-state index is 16.0. The van der Waals surface area contributed by atoms with E-state index in [0.717, 1.165) is 31.7 Å². The number of halogens is 5. The second-order valence-corrected chi connectivity index (χ2v) is 13.7. The molecule has 2 heterocycles. The van der Waals surface area contributed by atoms with Crippen LogP contribution < -0.4 is 22.9 Å². The number of aromatic nitrogens is 3. The Morgan fingerprint density at radius 1 is 1.10 bits per heavy atom. The van der Waals surface area contributed by atoms with Gasteiger partial charge < -0.3 is 22.2 Å². The predicted molar refractivity (Wildman–Crippen MR) is 196 cm³/mol. The molecule has 5 rings (SSSR count). The highest BCUT2D eigenvalue weighted by Gasteiger charge is 2.32. The molecule has 2 unspecified atom stereocenters. The van der Waals surface area contributed by atoms with Crippen molar-refractivity contribution in [3.63, 3.8) is 0 Å². The second kappa shape index (κ2) is 17.6. The first kappa shape index (κ1) is 39.1. The maximum atomic E-state index is 16.0. The molecule has 0 saturated heterocycles. The highest BCUT2D eigenvalue weighted by Crippen LogP contribution is 2.36. The molecule has 1 saturated carbocycles. The molecule has 4 aromatic rings. The van der Waals surface area contributed by atoms with E-state index in [2.05, 4.69) is 19.9 Å². The summed E-state index contributed by atoms with van der Waals surface area (Å²) in [5, 5.41) is 0.465. The lowest BCUT2D eigenvalue weighted by atomic mass is 9.98. The molecule has 7 N–H and O–H groups in total. The van der Waals surface area contributed by atoms with Gasteiger partial charge in [0, 0.05) is 54.6 Å². The highest BCUT2D eigenvalue weighted by molar-refractivity contribution is 5.83. The van der Waals surface area contributed by atoms with Crippen LogP contribution in [0.15, 0.2) is 58.4 Å². The molecule has 0 radical (unpaired) electrons. The van der Waals surface area contributed by atoms with Crippen molar-refractivity contribution in [2.75, 3.05) is 32.9 Å². The SMILES string of the molecule is CCCC(c1ccc(-n2cc3cc(-c4cc(CCCC(N)C5CC5)cc(C(F)(F)F)c4)[nH]c3nc2=O)cc1F)N(CCCF)CCCN=C(N)CN. The molecule has 9 nitrogen and oxygen atoms in total. The number of hydrogen-bond acceptors (Lipinski definition) is 6. The van der Waals surface area contributed by atoms with Gasteiger partial charge in [0.25, 0.3) is 0 Å². The number of nitrogens with one attached hydrogen (secondary N) is 1. The third-order valence-electron chi connectivity index (χ3n) is 9.70. The molecule has 1 fully saturated rings. The van der Waals surface area contributed by atoms with Crippen LogP contribution in [0.2, 0.25) is 0 Å². The lowest BCUT2D eigenvalue weighted by Gasteiger charge is -2.32. The van der Waals surface area contributed by atoms with Crippen LogP contribution in [-0.4, -0.2) is 64.2 Å². The Kier molecular flexibility index (Phi) is 13.2. The van der Waals surface area contributed by atoms with Crippen LogP contribution in [0.3, 0.4) is 0 Å². The minimum atomic E-state index is -4.55. The fraction of sp³-hybridized carbons (Fsp3) is 0.500. The molecular formula is C38H49F5N8O. The summed E-state index contributed by atoms with van der Waals surface area (Å²) >= 11 is 0. The van der Waals surface area contributed by atoms with Crippen LogP contribution in [0.1, 0.15) is 81.0 Å². The topological polar surface area (TPSA) is 144 Å². The van der Waals surface area contributed by atoms with E-state index in [-0.39, 0.29) is 30.0 Å². The van der Waals surface area contributed by atoms with Gasteiger partial charge in [-0.2, -0.15) is 18.2 Å². The monoisotopic (exact) mass is 728 g/mol. The molecule has 0 aliphatic heterocycles. The van der Waals surface area contributed by atoms with Crippen molar-refractivity contribution in [1.29, 1.82) is 0 Å². The van der Waals surface area contributed by atoms with Gasteiger partial charge in [0.2, 0.25) is 0 Å². The van der Waals surface area contributed by atoms with Crippen molar-refractivity contribution in [3.8, 4) is 16.9 Å². The number of nitrogens with two attached hydrogens (primary N) is 3. The lowest BCUT2D eigenvalue weighted by molar-refractivity contribution is -0.137. The molecule has 14 heteroatoms. The first-order chi connectivity index (χ1) is 24.9. The van der Waals surface area contributed by atoms with E-state index >= 15 is 4.39 Å². The van der Waals surface area contributed by atoms with Gasteiger partial charge in [-0.25, -0.2) is 9.18 Å². The number of hydrogen-bond donors (Lipinski definition) is 4. The van der Waals surface area contributed by atoms with Crippen LogP contribution in [0.4, 0.5) is 22.0 Å². The normalized spacial score (nSPS) is 15.1. The van der Waals surface area contributed by atoms with Crippen LogP contribution in [-0.2, 0) is 12.6 Å². The van der Waals surface area contributed by atoms with Gasteiger partial charge in [-0.3, -0.25) is 18.8 Å². The Morgan fingerprint density at radius 3 is 2.54 bits per heavy atom. The minimum absolute atomic E-state index is 0.0699. The summed E-state index contributed by atoms with van der Waals surface area (Å²) in [5.74, 6) is 0.341. The minimum Gasteiger partial charge on any atom is -0.386 e. The first-order valence-electron chi connectivity index (χ1n) is 18.1. The van der Waals surface area contributed by atoms with E-state index in [4.69, 9.17) is 17.2 Å². The molecule has 52 heavy (non-hydrogen) atoms. The van der Waals surface area contributed by atoms with E-state index in [0.29, 0.717) is 91.3 Å². The predicted octanol–water partition coefficient (Wildman–Crippen LogP) is 6.81.